The highest BCUT2D eigenvalue weighted by Crippen LogP contribution is 2.59. The normalized spacial score (nSPS) is 48.9. The van der Waals surface area contributed by atoms with Crippen LogP contribution in [0.15, 0.2) is 28.4 Å². The van der Waals surface area contributed by atoms with Gasteiger partial charge in [-0.05, 0) is 84.1 Å². The van der Waals surface area contributed by atoms with E-state index in [0.29, 0.717) is 32.1 Å². The molecule has 0 aromatic carbocycles. The van der Waals surface area contributed by atoms with Gasteiger partial charge in [0.2, 0.25) is 0 Å². The van der Waals surface area contributed by atoms with Gasteiger partial charge in [0.15, 0.2) is 25.2 Å². The van der Waals surface area contributed by atoms with Crippen molar-refractivity contribution in [3.05, 3.63) is 35.3 Å². The topological polar surface area (TPSA) is 233 Å². The first kappa shape index (κ1) is 50.4. The number of aliphatic hydroxyl groups is 5. The van der Waals surface area contributed by atoms with Crippen LogP contribution in [0.3, 0.4) is 0 Å². The summed E-state index contributed by atoms with van der Waals surface area (Å²) in [4.78, 5) is 14.2. The van der Waals surface area contributed by atoms with Crippen LogP contribution in [0, 0.1) is 24.2 Å². The molecular weight excluding hydrogens is 865 g/mol. The Kier molecular flexibility index (Phi) is 15.6. The molecule has 1 aromatic rings. The molecule has 1 aromatic heterocycles. The SMILES string of the molecule is CO[C@H]1C[C@H](O[C@@H]2CC3=CC[C@H]4C(=O)[C@@](C)(c5ccoc5C)CC[C@@H]4[C@@]3(C)C[C@H]2O)O[C@H](C)[C@H]1O[C@H]1C[C@@H](OC)[C@@H](O[C@H]2C[C@H](OC)[C@H](O[C@@H]3O[C@H](CO)[C@@H](O)[C@H](O)[C@H]3O)[C@@H](C)O2)[C@H](C)O1. The number of aryl methyl sites for hydroxylation is 1. The number of hydrogen-bond acceptors (Lipinski definition) is 18. The van der Waals surface area contributed by atoms with E-state index in [1.165, 1.54) is 12.7 Å². The van der Waals surface area contributed by atoms with E-state index in [1.54, 1.807) is 27.4 Å². The number of furan rings is 1. The zero-order chi connectivity index (χ0) is 47.4. The molecule has 0 spiro atoms. The zero-order valence-electron chi connectivity index (χ0n) is 39.8. The first-order valence-corrected chi connectivity index (χ1v) is 23.9. The van der Waals surface area contributed by atoms with Crippen molar-refractivity contribution in [1.29, 1.82) is 0 Å². The van der Waals surface area contributed by atoms with Crippen LogP contribution in [0.1, 0.15) is 97.3 Å². The van der Waals surface area contributed by atoms with Crippen molar-refractivity contribution in [2.24, 2.45) is 17.3 Å². The maximum Gasteiger partial charge on any atom is 0.187 e. The Morgan fingerprint density at radius 3 is 1.79 bits per heavy atom. The van der Waals surface area contributed by atoms with E-state index in [2.05, 4.69) is 19.9 Å². The molecule has 0 radical (unpaired) electrons. The number of carbonyl (C=O) groups excluding carboxylic acids is 1. The fourth-order valence-corrected chi connectivity index (χ4v) is 12.4. The quantitative estimate of drug-likeness (QED) is 0.179. The highest BCUT2D eigenvalue weighted by Gasteiger charge is 2.58. The molecule has 2 saturated carbocycles. The van der Waals surface area contributed by atoms with Gasteiger partial charge in [0.05, 0.1) is 67.1 Å². The van der Waals surface area contributed by atoms with Crippen LogP contribution in [-0.2, 0) is 62.3 Å². The summed E-state index contributed by atoms with van der Waals surface area (Å²) in [6.45, 7) is 11.2. The van der Waals surface area contributed by atoms with Crippen LogP contribution in [0.5, 0.6) is 0 Å². The fourth-order valence-electron chi connectivity index (χ4n) is 12.4. The van der Waals surface area contributed by atoms with Gasteiger partial charge in [-0.25, -0.2) is 0 Å². The van der Waals surface area contributed by atoms with E-state index < -0.39 is 129 Å². The lowest BCUT2D eigenvalue weighted by molar-refractivity contribution is -0.357. The lowest BCUT2D eigenvalue weighted by atomic mass is 9.49. The molecule has 0 amide bonds. The molecule has 18 nitrogen and oxygen atoms in total. The number of carbonyl (C=O) groups is 1. The number of allylic oxidation sites excluding steroid dienone is 1. The van der Waals surface area contributed by atoms with Crippen LogP contribution in [-0.4, -0.2) is 176 Å². The summed E-state index contributed by atoms with van der Waals surface area (Å²) in [5.74, 6) is 1.09. The largest absolute Gasteiger partial charge is 0.469 e. The molecule has 5 heterocycles. The van der Waals surface area contributed by atoms with Gasteiger partial charge in [0.1, 0.15) is 54.3 Å². The molecule has 23 atom stereocenters. The predicted octanol–water partition coefficient (Wildman–Crippen LogP) is 2.72. The smallest absolute Gasteiger partial charge is 0.187 e. The van der Waals surface area contributed by atoms with Crippen molar-refractivity contribution in [2.75, 3.05) is 27.9 Å². The van der Waals surface area contributed by atoms with E-state index in [-0.39, 0.29) is 29.5 Å². The first-order valence-electron chi connectivity index (χ1n) is 23.9. The molecular formula is C48H74O18. The summed E-state index contributed by atoms with van der Waals surface area (Å²) in [6, 6.07) is 1.94. The van der Waals surface area contributed by atoms with Gasteiger partial charge in [-0.2, -0.15) is 0 Å². The Balaban J connectivity index is 0.840. The minimum Gasteiger partial charge on any atom is -0.469 e. The number of fused-ring (bicyclic) bond motifs is 3. The van der Waals surface area contributed by atoms with E-state index in [9.17, 15) is 30.3 Å². The number of rotatable bonds is 13. The van der Waals surface area contributed by atoms with Crippen LogP contribution < -0.4 is 0 Å². The summed E-state index contributed by atoms with van der Waals surface area (Å²) in [7, 11) is 4.76. The van der Waals surface area contributed by atoms with E-state index in [0.717, 1.165) is 24.2 Å². The summed E-state index contributed by atoms with van der Waals surface area (Å²) in [5.41, 5.74) is 1.34. The Morgan fingerprint density at radius 1 is 0.727 bits per heavy atom. The molecule has 66 heavy (non-hydrogen) atoms. The average Bonchev–Trinajstić information content (AvgIpc) is 3.73. The summed E-state index contributed by atoms with van der Waals surface area (Å²) >= 11 is 0. The first-order chi connectivity index (χ1) is 31.4. The second-order valence-corrected chi connectivity index (χ2v) is 20.2. The molecule has 5 N–H and O–H groups in total. The molecule has 7 aliphatic rings. The highest BCUT2D eigenvalue weighted by molar-refractivity contribution is 5.93. The van der Waals surface area contributed by atoms with Gasteiger partial charge >= 0.3 is 0 Å². The van der Waals surface area contributed by atoms with Crippen molar-refractivity contribution >= 4 is 5.78 Å². The number of Topliss-reactive ketones (excluding diaryl/α,β-unsaturated/α-hetero) is 1. The Bertz CT molecular complexity index is 1820. The molecule has 3 aliphatic carbocycles. The third-order valence-electron chi connectivity index (χ3n) is 16.3. The second kappa shape index (κ2) is 20.4. The Labute approximate surface area is 387 Å². The fraction of sp³-hybridized carbons (Fsp3) is 0.854. The van der Waals surface area contributed by atoms with Crippen molar-refractivity contribution in [2.45, 2.75) is 215 Å². The minimum absolute atomic E-state index is 0.114. The molecule has 4 saturated heterocycles. The van der Waals surface area contributed by atoms with Crippen LogP contribution in [0.25, 0.3) is 0 Å². The summed E-state index contributed by atoms with van der Waals surface area (Å²) in [6.07, 6.45) is -7.03. The predicted molar refractivity (Wildman–Crippen MR) is 231 cm³/mol. The second-order valence-electron chi connectivity index (χ2n) is 20.2. The van der Waals surface area contributed by atoms with E-state index >= 15 is 0 Å². The van der Waals surface area contributed by atoms with Crippen molar-refractivity contribution in [3.63, 3.8) is 0 Å². The third-order valence-corrected chi connectivity index (χ3v) is 16.3. The monoisotopic (exact) mass is 938 g/mol. The maximum absolute atomic E-state index is 14.2. The summed E-state index contributed by atoms with van der Waals surface area (Å²) in [5, 5.41) is 52.4. The van der Waals surface area contributed by atoms with Crippen LogP contribution in [0.4, 0.5) is 0 Å². The van der Waals surface area contributed by atoms with Crippen molar-refractivity contribution < 1.29 is 86.8 Å². The third kappa shape index (κ3) is 9.50. The molecule has 374 valence electrons. The number of aliphatic hydroxyl groups excluding tert-OH is 5. The van der Waals surface area contributed by atoms with Gasteiger partial charge < -0.3 is 82.1 Å². The molecule has 4 aliphatic heterocycles. The molecule has 18 heteroatoms. The van der Waals surface area contributed by atoms with Gasteiger partial charge in [0.25, 0.3) is 0 Å². The highest BCUT2D eigenvalue weighted by atomic mass is 16.8. The summed E-state index contributed by atoms with van der Waals surface area (Å²) < 4.78 is 73.8. The standard InChI is InChI=1S/C48H74O18/c1-22-28(13-15-58-22)47(5)14-12-29-27(45(47)54)11-10-26-16-31(30(50)20-48(26,29)6)62-36-17-32(55-7)42(23(2)59-36)64-37-18-33(56-8)43(24(3)60-37)65-38-19-34(57-9)44(25(4)61-38)66-46-41(53)40(52)39(51)35(21-49)63-46/h10,13,15,23-25,27,29-44,46,49-53H,11-12,14,16-21H2,1-9H3/t23-,24+,25-,27-,29+,30-,31-,32+,33-,34+,35-,36+,37+,38+,39-,40+,41-,42-,43+,44-,46+,47-,48+/m1/s1. The molecule has 0 unspecified atom stereocenters. The van der Waals surface area contributed by atoms with Gasteiger partial charge in [0, 0.05) is 52.1 Å². The van der Waals surface area contributed by atoms with Gasteiger partial charge in [-0.1, -0.05) is 18.6 Å². The van der Waals surface area contributed by atoms with Crippen LogP contribution in [0.2, 0.25) is 0 Å². The van der Waals surface area contributed by atoms with Crippen LogP contribution >= 0.6 is 0 Å². The van der Waals surface area contributed by atoms with Crippen molar-refractivity contribution in [1.82, 2.24) is 0 Å². The number of ketones is 1. The molecule has 0 bridgehead atoms. The van der Waals surface area contributed by atoms with E-state index in [1.807, 2.05) is 26.8 Å². The van der Waals surface area contributed by atoms with Gasteiger partial charge in [-0.3, -0.25) is 4.79 Å². The number of ether oxygens (including phenoxy) is 11. The Morgan fingerprint density at radius 2 is 1.27 bits per heavy atom. The maximum atomic E-state index is 14.2. The number of methoxy groups -OCH3 is 3. The minimum atomic E-state index is -1.59. The average molecular weight is 939 g/mol. The zero-order valence-corrected chi connectivity index (χ0v) is 39.8. The molecule has 6 fully saturated rings. The van der Waals surface area contributed by atoms with Gasteiger partial charge in [-0.15, -0.1) is 0 Å². The number of hydrogen-bond donors (Lipinski definition) is 5. The Hall–Kier alpha value is -1.95. The van der Waals surface area contributed by atoms with Crippen molar-refractivity contribution in [3.8, 4) is 0 Å². The lowest BCUT2D eigenvalue weighted by Crippen LogP contribution is -2.62. The lowest BCUT2D eigenvalue weighted by Gasteiger charge is -2.55. The van der Waals surface area contributed by atoms with E-state index in [4.69, 9.17) is 56.5 Å². The molecule has 8 rings (SSSR count).